The van der Waals surface area contributed by atoms with Crippen molar-refractivity contribution in [3.8, 4) is 0 Å². The minimum Gasteiger partial charge on any atom is -0.466 e. The smallest absolute Gasteiger partial charge is 0.104 e. The fraction of sp³-hybridized carbons (Fsp3) is 0.636. The van der Waals surface area contributed by atoms with Crippen LogP contribution in [0.25, 0.3) is 0 Å². The summed E-state index contributed by atoms with van der Waals surface area (Å²) in [5.74, 6) is 1.92. The minimum atomic E-state index is -0.0545. The molecule has 0 unspecified atom stereocenters. The van der Waals surface area contributed by atoms with E-state index in [1.807, 2.05) is 19.9 Å². The van der Waals surface area contributed by atoms with E-state index in [-0.39, 0.29) is 12.0 Å². The maximum atomic E-state index is 9.12. The van der Waals surface area contributed by atoms with Gasteiger partial charge in [-0.05, 0) is 37.3 Å². The molecule has 0 radical (unpaired) electrons. The Morgan fingerprint density at radius 3 is 2.38 bits per heavy atom. The lowest BCUT2D eigenvalue weighted by atomic mass is 9.87. The Morgan fingerprint density at radius 1 is 1.38 bits per heavy atom. The standard InChI is InChI=1S/C11H18O2/c1-8-5-10(9(2)13-8)6-11(3,4)7-12/h5,12H,6-7H2,1-4H3. The highest BCUT2D eigenvalue weighted by Crippen LogP contribution is 2.24. The van der Waals surface area contributed by atoms with Gasteiger partial charge in [0.15, 0.2) is 0 Å². The summed E-state index contributed by atoms with van der Waals surface area (Å²) in [4.78, 5) is 0. The van der Waals surface area contributed by atoms with Gasteiger partial charge in [0.05, 0.1) is 0 Å². The van der Waals surface area contributed by atoms with Crippen molar-refractivity contribution in [3.63, 3.8) is 0 Å². The number of aliphatic hydroxyl groups is 1. The molecule has 1 rings (SSSR count). The normalized spacial score (nSPS) is 12.1. The van der Waals surface area contributed by atoms with Crippen molar-refractivity contribution in [2.45, 2.75) is 34.1 Å². The Morgan fingerprint density at radius 2 is 2.00 bits per heavy atom. The second-order valence-electron chi connectivity index (χ2n) is 4.44. The molecule has 74 valence electrons. The molecule has 0 saturated carbocycles. The molecule has 0 spiro atoms. The molecule has 1 aromatic heterocycles. The van der Waals surface area contributed by atoms with Crippen molar-refractivity contribution in [2.24, 2.45) is 5.41 Å². The molecule has 0 atom stereocenters. The fourth-order valence-corrected chi connectivity index (χ4v) is 1.43. The predicted molar refractivity (Wildman–Crippen MR) is 52.8 cm³/mol. The van der Waals surface area contributed by atoms with E-state index in [1.165, 1.54) is 5.56 Å². The average Bonchev–Trinajstić information content (AvgIpc) is 2.30. The van der Waals surface area contributed by atoms with Gasteiger partial charge in [-0.3, -0.25) is 0 Å². The molecule has 1 N–H and O–H groups in total. The van der Waals surface area contributed by atoms with Gasteiger partial charge in [-0.1, -0.05) is 13.8 Å². The summed E-state index contributed by atoms with van der Waals surface area (Å²) in [5, 5.41) is 9.12. The molecule has 0 aliphatic carbocycles. The van der Waals surface area contributed by atoms with Gasteiger partial charge in [0.2, 0.25) is 0 Å². The zero-order valence-electron chi connectivity index (χ0n) is 8.85. The van der Waals surface area contributed by atoms with Crippen LogP contribution in [0, 0.1) is 19.3 Å². The maximum Gasteiger partial charge on any atom is 0.104 e. The molecule has 0 fully saturated rings. The second kappa shape index (κ2) is 3.54. The van der Waals surface area contributed by atoms with Crippen molar-refractivity contribution < 1.29 is 9.52 Å². The van der Waals surface area contributed by atoms with Crippen LogP contribution >= 0.6 is 0 Å². The third kappa shape index (κ3) is 2.59. The molecule has 0 aliphatic rings. The summed E-state index contributed by atoms with van der Waals surface area (Å²) in [5.41, 5.74) is 1.15. The predicted octanol–water partition coefficient (Wildman–Crippen LogP) is 2.46. The first kappa shape index (κ1) is 10.3. The number of hydrogen-bond acceptors (Lipinski definition) is 2. The van der Waals surface area contributed by atoms with Crippen LogP contribution in [0.2, 0.25) is 0 Å². The van der Waals surface area contributed by atoms with Crippen LogP contribution in [0.1, 0.15) is 30.9 Å². The number of rotatable bonds is 3. The monoisotopic (exact) mass is 182 g/mol. The largest absolute Gasteiger partial charge is 0.466 e. The Kier molecular flexibility index (Phi) is 2.81. The summed E-state index contributed by atoms with van der Waals surface area (Å²) >= 11 is 0. The van der Waals surface area contributed by atoms with Crippen molar-refractivity contribution in [2.75, 3.05) is 6.61 Å². The van der Waals surface area contributed by atoms with Gasteiger partial charge in [-0.2, -0.15) is 0 Å². The molecule has 0 amide bonds. The van der Waals surface area contributed by atoms with Gasteiger partial charge in [-0.25, -0.2) is 0 Å². The third-order valence-corrected chi connectivity index (χ3v) is 2.24. The molecule has 0 saturated heterocycles. The van der Waals surface area contributed by atoms with Crippen molar-refractivity contribution in [3.05, 3.63) is 23.2 Å². The second-order valence-corrected chi connectivity index (χ2v) is 4.44. The van der Waals surface area contributed by atoms with E-state index in [0.717, 1.165) is 17.9 Å². The highest BCUT2D eigenvalue weighted by molar-refractivity contribution is 5.21. The van der Waals surface area contributed by atoms with E-state index >= 15 is 0 Å². The SMILES string of the molecule is Cc1cc(CC(C)(C)CO)c(C)o1. The summed E-state index contributed by atoms with van der Waals surface area (Å²) in [6.45, 7) is 8.22. The summed E-state index contributed by atoms with van der Waals surface area (Å²) in [6, 6.07) is 2.05. The molecule has 1 heterocycles. The van der Waals surface area contributed by atoms with Crippen LogP contribution in [0.3, 0.4) is 0 Å². The highest BCUT2D eigenvalue weighted by Gasteiger charge is 2.19. The van der Waals surface area contributed by atoms with Crippen LogP contribution in [-0.4, -0.2) is 11.7 Å². The summed E-state index contributed by atoms with van der Waals surface area (Å²) < 4.78 is 5.42. The number of furan rings is 1. The molecule has 0 aliphatic heterocycles. The first-order valence-corrected chi connectivity index (χ1v) is 4.61. The van der Waals surface area contributed by atoms with Crippen LogP contribution in [0.4, 0.5) is 0 Å². The van der Waals surface area contributed by atoms with E-state index < -0.39 is 0 Å². The quantitative estimate of drug-likeness (QED) is 0.779. The van der Waals surface area contributed by atoms with Gasteiger partial charge < -0.3 is 9.52 Å². The Bertz CT molecular complexity index is 284. The molecular formula is C11H18O2. The molecule has 13 heavy (non-hydrogen) atoms. The van der Waals surface area contributed by atoms with Crippen molar-refractivity contribution in [1.29, 1.82) is 0 Å². The number of aryl methyl sites for hydroxylation is 2. The van der Waals surface area contributed by atoms with Gasteiger partial charge in [-0.15, -0.1) is 0 Å². The maximum absolute atomic E-state index is 9.12. The van der Waals surface area contributed by atoms with Gasteiger partial charge >= 0.3 is 0 Å². The van der Waals surface area contributed by atoms with E-state index in [4.69, 9.17) is 9.52 Å². The van der Waals surface area contributed by atoms with Crippen molar-refractivity contribution >= 4 is 0 Å². The van der Waals surface area contributed by atoms with Crippen LogP contribution < -0.4 is 0 Å². The molecule has 1 aromatic rings. The summed E-state index contributed by atoms with van der Waals surface area (Å²) in [7, 11) is 0. The number of hydrogen-bond donors (Lipinski definition) is 1. The molecule has 0 bridgehead atoms. The van der Waals surface area contributed by atoms with Crippen LogP contribution in [-0.2, 0) is 6.42 Å². The minimum absolute atomic E-state index is 0.0545. The van der Waals surface area contributed by atoms with Crippen molar-refractivity contribution in [1.82, 2.24) is 0 Å². The zero-order chi connectivity index (χ0) is 10.1. The lowest BCUT2D eigenvalue weighted by Gasteiger charge is -2.20. The van der Waals surface area contributed by atoms with Crippen LogP contribution in [0.5, 0.6) is 0 Å². The van der Waals surface area contributed by atoms with Gasteiger partial charge in [0.1, 0.15) is 11.5 Å². The van der Waals surface area contributed by atoms with Gasteiger partial charge in [0, 0.05) is 6.61 Å². The van der Waals surface area contributed by atoms with Crippen LogP contribution in [0.15, 0.2) is 10.5 Å². The lowest BCUT2D eigenvalue weighted by Crippen LogP contribution is -2.19. The first-order chi connectivity index (χ1) is 5.94. The molecular weight excluding hydrogens is 164 g/mol. The Balaban J connectivity index is 2.79. The van der Waals surface area contributed by atoms with E-state index in [9.17, 15) is 0 Å². The fourth-order valence-electron chi connectivity index (χ4n) is 1.43. The molecule has 2 nitrogen and oxygen atoms in total. The van der Waals surface area contributed by atoms with Gasteiger partial charge in [0.25, 0.3) is 0 Å². The van der Waals surface area contributed by atoms with E-state index in [2.05, 4.69) is 13.8 Å². The topological polar surface area (TPSA) is 33.4 Å². The van der Waals surface area contributed by atoms with E-state index in [0.29, 0.717) is 0 Å². The lowest BCUT2D eigenvalue weighted by molar-refractivity contribution is 0.159. The molecule has 2 heteroatoms. The average molecular weight is 182 g/mol. The molecule has 0 aromatic carbocycles. The zero-order valence-corrected chi connectivity index (χ0v) is 8.85. The Labute approximate surface area is 79.6 Å². The Hall–Kier alpha value is -0.760. The highest BCUT2D eigenvalue weighted by atomic mass is 16.3. The third-order valence-electron chi connectivity index (χ3n) is 2.24. The summed E-state index contributed by atoms with van der Waals surface area (Å²) in [6.07, 6.45) is 0.868. The first-order valence-electron chi connectivity index (χ1n) is 4.61. The number of aliphatic hydroxyl groups excluding tert-OH is 1. The van der Waals surface area contributed by atoms with E-state index in [1.54, 1.807) is 0 Å².